The molecule has 98 valence electrons. The van der Waals surface area contributed by atoms with Gasteiger partial charge in [0.05, 0.1) is 5.60 Å². The van der Waals surface area contributed by atoms with E-state index in [0.29, 0.717) is 12.8 Å². The van der Waals surface area contributed by atoms with Crippen LogP contribution >= 0.6 is 0 Å². The minimum Gasteiger partial charge on any atom is -0.445 e. The van der Waals surface area contributed by atoms with Crippen molar-refractivity contribution in [1.82, 2.24) is 5.32 Å². The molecule has 0 aliphatic heterocycles. The van der Waals surface area contributed by atoms with Crippen molar-refractivity contribution >= 4 is 6.09 Å². The first-order valence-corrected chi connectivity index (χ1v) is 5.95. The van der Waals surface area contributed by atoms with E-state index < -0.39 is 17.8 Å². The number of benzene rings is 1. The Labute approximate surface area is 105 Å². The minimum absolute atomic E-state index is 0.00409. The third kappa shape index (κ3) is 3.45. The van der Waals surface area contributed by atoms with Crippen LogP contribution in [0.4, 0.5) is 4.79 Å². The van der Waals surface area contributed by atoms with E-state index >= 15 is 0 Å². The molecule has 1 amide bonds. The van der Waals surface area contributed by atoms with Crippen LogP contribution in [0.15, 0.2) is 30.3 Å². The molecule has 5 heteroatoms. The molecule has 0 saturated heterocycles. The van der Waals surface area contributed by atoms with Gasteiger partial charge in [0.2, 0.25) is 0 Å². The Morgan fingerprint density at radius 2 is 2.06 bits per heavy atom. The fraction of sp³-hybridized carbons (Fsp3) is 0.462. The summed E-state index contributed by atoms with van der Waals surface area (Å²) < 4.78 is 4.97. The molecule has 1 aliphatic rings. The van der Waals surface area contributed by atoms with Crippen molar-refractivity contribution in [2.24, 2.45) is 0 Å². The van der Waals surface area contributed by atoms with Gasteiger partial charge in [0.15, 0.2) is 0 Å². The van der Waals surface area contributed by atoms with Gasteiger partial charge < -0.3 is 20.3 Å². The fourth-order valence-corrected chi connectivity index (χ4v) is 1.61. The second-order valence-corrected chi connectivity index (χ2v) is 4.56. The smallest absolute Gasteiger partial charge is 0.407 e. The lowest BCUT2D eigenvalue weighted by Gasteiger charge is -2.16. The summed E-state index contributed by atoms with van der Waals surface area (Å²) in [4.78, 5) is 11.3. The Bertz CT molecular complexity index is 403. The van der Waals surface area contributed by atoms with E-state index in [-0.39, 0.29) is 13.2 Å². The van der Waals surface area contributed by atoms with Crippen LogP contribution in [0.2, 0.25) is 0 Å². The maximum absolute atomic E-state index is 11.3. The Hall–Kier alpha value is -1.59. The molecule has 0 spiro atoms. The number of carbonyl (C=O) groups is 1. The van der Waals surface area contributed by atoms with Crippen LogP contribution in [0.3, 0.4) is 0 Å². The van der Waals surface area contributed by atoms with Gasteiger partial charge in [0.25, 0.3) is 0 Å². The topological polar surface area (TPSA) is 78.8 Å². The number of alkyl carbamates (subject to hydrolysis) is 1. The number of aliphatic hydroxyl groups excluding tert-OH is 1. The maximum atomic E-state index is 11.3. The van der Waals surface area contributed by atoms with Gasteiger partial charge in [-0.2, -0.15) is 0 Å². The van der Waals surface area contributed by atoms with Crippen molar-refractivity contribution in [3.63, 3.8) is 0 Å². The number of aliphatic hydroxyl groups is 2. The van der Waals surface area contributed by atoms with Crippen molar-refractivity contribution in [2.75, 3.05) is 6.54 Å². The second-order valence-electron chi connectivity index (χ2n) is 4.56. The third-order valence-electron chi connectivity index (χ3n) is 3.04. The van der Waals surface area contributed by atoms with E-state index in [0.717, 1.165) is 5.56 Å². The normalized spacial score (nSPS) is 17.9. The first-order valence-electron chi connectivity index (χ1n) is 5.95. The Balaban J connectivity index is 1.66. The van der Waals surface area contributed by atoms with Gasteiger partial charge in [-0.05, 0) is 18.4 Å². The third-order valence-corrected chi connectivity index (χ3v) is 3.04. The minimum atomic E-state index is -1.01. The number of ether oxygens (including phenoxy) is 1. The first kappa shape index (κ1) is 12.9. The zero-order valence-electron chi connectivity index (χ0n) is 10.0. The van der Waals surface area contributed by atoms with Crippen molar-refractivity contribution in [3.8, 4) is 0 Å². The fourth-order valence-electron chi connectivity index (χ4n) is 1.61. The van der Waals surface area contributed by atoms with Gasteiger partial charge in [-0.15, -0.1) is 0 Å². The molecule has 5 nitrogen and oxygen atoms in total. The van der Waals surface area contributed by atoms with Crippen molar-refractivity contribution in [1.29, 1.82) is 0 Å². The number of rotatable bonds is 5. The Kier molecular flexibility index (Phi) is 3.84. The van der Waals surface area contributed by atoms with Gasteiger partial charge in [-0.25, -0.2) is 4.79 Å². The Morgan fingerprint density at radius 1 is 1.39 bits per heavy atom. The lowest BCUT2D eigenvalue weighted by Crippen LogP contribution is -2.40. The summed E-state index contributed by atoms with van der Waals surface area (Å²) in [5, 5.41) is 21.6. The van der Waals surface area contributed by atoms with Crippen LogP contribution < -0.4 is 5.32 Å². The number of nitrogens with one attached hydrogen (secondary N) is 1. The van der Waals surface area contributed by atoms with E-state index in [1.807, 2.05) is 30.3 Å². The van der Waals surface area contributed by atoms with E-state index in [2.05, 4.69) is 5.32 Å². The molecule has 0 aromatic heterocycles. The van der Waals surface area contributed by atoms with Gasteiger partial charge in [-0.3, -0.25) is 0 Å². The number of carbonyl (C=O) groups excluding carboxylic acids is 1. The monoisotopic (exact) mass is 251 g/mol. The zero-order valence-corrected chi connectivity index (χ0v) is 10.0. The van der Waals surface area contributed by atoms with Crippen molar-refractivity contribution in [2.45, 2.75) is 31.2 Å². The molecule has 1 atom stereocenters. The summed E-state index contributed by atoms with van der Waals surface area (Å²) in [7, 11) is 0. The molecular formula is C13H17NO4. The summed E-state index contributed by atoms with van der Waals surface area (Å²) in [5.74, 6) is 0. The van der Waals surface area contributed by atoms with Crippen LogP contribution in [0.5, 0.6) is 0 Å². The maximum Gasteiger partial charge on any atom is 0.407 e. The van der Waals surface area contributed by atoms with Gasteiger partial charge in [-0.1, -0.05) is 30.3 Å². The van der Waals surface area contributed by atoms with Gasteiger partial charge in [0.1, 0.15) is 12.7 Å². The summed E-state index contributed by atoms with van der Waals surface area (Å²) in [6.07, 6.45) is -0.368. The molecule has 0 bridgehead atoms. The van der Waals surface area contributed by atoms with E-state index in [4.69, 9.17) is 4.74 Å². The molecule has 2 rings (SSSR count). The van der Waals surface area contributed by atoms with Crippen LogP contribution in [0.1, 0.15) is 18.4 Å². The molecule has 1 aromatic rings. The summed E-state index contributed by atoms with van der Waals surface area (Å²) in [6, 6.07) is 9.33. The summed E-state index contributed by atoms with van der Waals surface area (Å²) >= 11 is 0. The highest BCUT2D eigenvalue weighted by molar-refractivity contribution is 5.67. The molecule has 1 aliphatic carbocycles. The molecular weight excluding hydrogens is 234 g/mol. The van der Waals surface area contributed by atoms with E-state index in [9.17, 15) is 15.0 Å². The lowest BCUT2D eigenvalue weighted by molar-refractivity contribution is 0.000456. The average Bonchev–Trinajstić information content (AvgIpc) is 3.14. The largest absolute Gasteiger partial charge is 0.445 e. The predicted octanol–water partition coefficient (Wildman–Crippen LogP) is 0.799. The van der Waals surface area contributed by atoms with Crippen LogP contribution in [0.25, 0.3) is 0 Å². The molecule has 1 fully saturated rings. The SMILES string of the molecule is O=C(NC[C@@H](O)C1(O)CC1)OCc1ccccc1. The number of hydrogen-bond donors (Lipinski definition) is 3. The predicted molar refractivity (Wildman–Crippen MR) is 64.8 cm³/mol. The first-order chi connectivity index (χ1) is 8.60. The zero-order chi connectivity index (χ0) is 13.0. The standard InChI is InChI=1S/C13H17NO4/c15-11(13(17)6-7-13)8-14-12(16)18-9-10-4-2-1-3-5-10/h1-5,11,15,17H,6-9H2,(H,14,16)/t11-/m1/s1. The second kappa shape index (κ2) is 5.37. The highest BCUT2D eigenvalue weighted by atomic mass is 16.5. The quantitative estimate of drug-likeness (QED) is 0.723. The molecule has 3 N–H and O–H groups in total. The highest BCUT2D eigenvalue weighted by Gasteiger charge is 2.47. The van der Waals surface area contributed by atoms with Crippen molar-refractivity contribution < 1.29 is 19.7 Å². The average molecular weight is 251 g/mol. The summed E-state index contributed by atoms with van der Waals surface area (Å²) in [6.45, 7) is 0.192. The Morgan fingerprint density at radius 3 is 2.67 bits per heavy atom. The van der Waals surface area contributed by atoms with Gasteiger partial charge in [0, 0.05) is 6.54 Å². The molecule has 1 saturated carbocycles. The molecule has 0 heterocycles. The molecule has 18 heavy (non-hydrogen) atoms. The van der Waals surface area contributed by atoms with Gasteiger partial charge >= 0.3 is 6.09 Å². The van der Waals surface area contributed by atoms with Crippen LogP contribution in [-0.4, -0.2) is 34.6 Å². The van der Waals surface area contributed by atoms with E-state index in [1.54, 1.807) is 0 Å². The summed E-state index contributed by atoms with van der Waals surface area (Å²) in [5.41, 5.74) is -0.110. The lowest BCUT2D eigenvalue weighted by atomic mass is 10.2. The number of amides is 1. The van der Waals surface area contributed by atoms with E-state index in [1.165, 1.54) is 0 Å². The highest BCUT2D eigenvalue weighted by Crippen LogP contribution is 2.38. The molecule has 1 aromatic carbocycles. The van der Waals surface area contributed by atoms with Crippen LogP contribution in [0, 0.1) is 0 Å². The molecule has 0 unspecified atom stereocenters. The van der Waals surface area contributed by atoms with Crippen LogP contribution in [-0.2, 0) is 11.3 Å². The van der Waals surface area contributed by atoms with Crippen molar-refractivity contribution in [3.05, 3.63) is 35.9 Å². The number of hydrogen-bond acceptors (Lipinski definition) is 4. The molecule has 0 radical (unpaired) electrons.